The average molecular weight is 302 g/mol. The maximum atomic E-state index is 11.1. The molecule has 2 aromatic heterocycles. The summed E-state index contributed by atoms with van der Waals surface area (Å²) in [5.74, 6) is -0.220. The Morgan fingerprint density at radius 1 is 1.19 bits per heavy atom. The zero-order valence-corrected chi connectivity index (χ0v) is 11.3. The SMILES string of the molecule is O=C(O)c1cncc2cc(Oc3cc(Cl)ncn3)ccc12. The average Bonchev–Trinajstić information content (AvgIpc) is 2.46. The van der Waals surface area contributed by atoms with E-state index in [-0.39, 0.29) is 10.7 Å². The van der Waals surface area contributed by atoms with Gasteiger partial charge < -0.3 is 9.84 Å². The van der Waals surface area contributed by atoms with Gasteiger partial charge in [-0.05, 0) is 23.6 Å². The molecule has 3 rings (SSSR count). The Labute approximate surface area is 124 Å². The third kappa shape index (κ3) is 2.75. The number of rotatable bonds is 3. The fraction of sp³-hybridized carbons (Fsp3) is 0. The molecule has 7 heteroatoms. The zero-order valence-electron chi connectivity index (χ0n) is 10.5. The van der Waals surface area contributed by atoms with E-state index >= 15 is 0 Å². The van der Waals surface area contributed by atoms with Crippen molar-refractivity contribution in [3.05, 3.63) is 53.7 Å². The molecule has 0 radical (unpaired) electrons. The second-order valence-corrected chi connectivity index (χ2v) is 4.54. The first-order valence-corrected chi connectivity index (χ1v) is 6.28. The molecule has 6 nitrogen and oxygen atoms in total. The van der Waals surface area contributed by atoms with Gasteiger partial charge in [0.25, 0.3) is 0 Å². The van der Waals surface area contributed by atoms with E-state index in [2.05, 4.69) is 15.0 Å². The van der Waals surface area contributed by atoms with E-state index < -0.39 is 5.97 Å². The number of halogens is 1. The van der Waals surface area contributed by atoms with Crippen LogP contribution in [0.5, 0.6) is 11.6 Å². The van der Waals surface area contributed by atoms with Crippen molar-refractivity contribution < 1.29 is 14.6 Å². The van der Waals surface area contributed by atoms with E-state index in [9.17, 15) is 4.79 Å². The molecule has 0 fully saturated rings. The molecule has 1 N–H and O–H groups in total. The standard InChI is InChI=1S/C14H8ClN3O3/c15-12-4-13(18-7-17-12)21-9-1-2-10-8(3-9)5-16-6-11(10)14(19)20/h1-7H,(H,19,20). The molecule has 0 spiro atoms. The van der Waals surface area contributed by atoms with Crippen LogP contribution in [0, 0.1) is 0 Å². The summed E-state index contributed by atoms with van der Waals surface area (Å²) in [6.07, 6.45) is 4.18. The number of benzene rings is 1. The molecule has 0 bridgehead atoms. The minimum absolute atomic E-state index is 0.143. The van der Waals surface area contributed by atoms with Crippen LogP contribution in [0.1, 0.15) is 10.4 Å². The van der Waals surface area contributed by atoms with Crippen LogP contribution in [0.4, 0.5) is 0 Å². The van der Waals surface area contributed by atoms with Crippen molar-refractivity contribution in [3.8, 4) is 11.6 Å². The molecular formula is C14H8ClN3O3. The van der Waals surface area contributed by atoms with Gasteiger partial charge in [0.15, 0.2) is 0 Å². The summed E-state index contributed by atoms with van der Waals surface area (Å²) in [6, 6.07) is 6.49. The number of fused-ring (bicyclic) bond motifs is 1. The molecule has 0 aliphatic carbocycles. The van der Waals surface area contributed by atoms with E-state index in [0.29, 0.717) is 22.4 Å². The van der Waals surface area contributed by atoms with Gasteiger partial charge in [-0.3, -0.25) is 4.98 Å². The maximum absolute atomic E-state index is 11.1. The van der Waals surface area contributed by atoms with E-state index in [1.54, 1.807) is 24.4 Å². The van der Waals surface area contributed by atoms with Gasteiger partial charge in [0, 0.05) is 23.8 Å². The van der Waals surface area contributed by atoms with Gasteiger partial charge in [-0.2, -0.15) is 0 Å². The molecule has 1 aromatic carbocycles. The quantitative estimate of drug-likeness (QED) is 0.748. The van der Waals surface area contributed by atoms with Gasteiger partial charge in [0.2, 0.25) is 5.88 Å². The van der Waals surface area contributed by atoms with Gasteiger partial charge in [-0.25, -0.2) is 14.8 Å². The highest BCUT2D eigenvalue weighted by atomic mass is 35.5. The Kier molecular flexibility index (Phi) is 3.37. The Morgan fingerprint density at radius 3 is 2.81 bits per heavy atom. The summed E-state index contributed by atoms with van der Waals surface area (Å²) in [5, 5.41) is 10.6. The van der Waals surface area contributed by atoms with Crippen molar-refractivity contribution in [2.24, 2.45) is 0 Å². The summed E-state index contributed by atoms with van der Waals surface area (Å²) in [6.45, 7) is 0. The van der Waals surface area contributed by atoms with Crippen LogP contribution >= 0.6 is 11.6 Å². The van der Waals surface area contributed by atoms with Crippen molar-refractivity contribution in [1.29, 1.82) is 0 Å². The highest BCUT2D eigenvalue weighted by molar-refractivity contribution is 6.29. The number of nitrogens with zero attached hydrogens (tertiary/aromatic N) is 3. The third-order valence-corrected chi connectivity index (χ3v) is 3.00. The number of carboxylic acid groups (broad SMARTS) is 1. The first kappa shape index (κ1) is 13.3. The van der Waals surface area contributed by atoms with Crippen molar-refractivity contribution in [2.45, 2.75) is 0 Å². The molecule has 0 saturated carbocycles. The minimum atomic E-state index is -1.02. The summed E-state index contributed by atoms with van der Waals surface area (Å²) >= 11 is 5.76. The first-order valence-electron chi connectivity index (χ1n) is 5.90. The van der Waals surface area contributed by atoms with Gasteiger partial charge in [-0.15, -0.1) is 0 Å². The predicted molar refractivity (Wildman–Crippen MR) is 75.8 cm³/mol. The van der Waals surface area contributed by atoms with Gasteiger partial charge in [0.1, 0.15) is 17.2 Å². The van der Waals surface area contributed by atoms with Crippen molar-refractivity contribution in [2.75, 3.05) is 0 Å². The lowest BCUT2D eigenvalue weighted by atomic mass is 10.1. The van der Waals surface area contributed by atoms with E-state index in [1.807, 2.05) is 0 Å². The second kappa shape index (κ2) is 5.34. The second-order valence-electron chi connectivity index (χ2n) is 4.16. The smallest absolute Gasteiger partial charge is 0.337 e. The minimum Gasteiger partial charge on any atom is -0.478 e. The molecule has 0 saturated heterocycles. The van der Waals surface area contributed by atoms with E-state index in [4.69, 9.17) is 21.4 Å². The molecular weight excluding hydrogens is 294 g/mol. The van der Waals surface area contributed by atoms with Gasteiger partial charge in [-0.1, -0.05) is 11.6 Å². The summed E-state index contributed by atoms with van der Waals surface area (Å²) in [5.41, 5.74) is 0.143. The van der Waals surface area contributed by atoms with Crippen LogP contribution in [0.15, 0.2) is 43.0 Å². The number of aromatic nitrogens is 3. The predicted octanol–water partition coefficient (Wildman–Crippen LogP) is 3.17. The van der Waals surface area contributed by atoms with Crippen molar-refractivity contribution in [3.63, 3.8) is 0 Å². The topological polar surface area (TPSA) is 85.2 Å². The highest BCUT2D eigenvalue weighted by Crippen LogP contribution is 2.26. The fourth-order valence-corrected chi connectivity index (χ4v) is 2.02. The lowest BCUT2D eigenvalue weighted by molar-refractivity contribution is 0.0698. The molecule has 21 heavy (non-hydrogen) atoms. The molecule has 104 valence electrons. The summed E-state index contributed by atoms with van der Waals surface area (Å²) in [7, 11) is 0. The van der Waals surface area contributed by atoms with E-state index in [0.717, 1.165) is 0 Å². The van der Waals surface area contributed by atoms with Crippen LogP contribution in [0.25, 0.3) is 10.8 Å². The highest BCUT2D eigenvalue weighted by Gasteiger charge is 2.10. The number of carboxylic acids is 1. The fourth-order valence-electron chi connectivity index (χ4n) is 1.88. The van der Waals surface area contributed by atoms with E-state index in [1.165, 1.54) is 18.6 Å². The Bertz CT molecular complexity index is 839. The normalized spacial score (nSPS) is 10.5. The zero-order chi connectivity index (χ0) is 14.8. The number of aromatic carboxylic acids is 1. The molecule has 0 aliphatic heterocycles. The first-order chi connectivity index (χ1) is 10.1. The number of ether oxygens (including phenoxy) is 1. The Balaban J connectivity index is 2.00. The lowest BCUT2D eigenvalue weighted by Gasteiger charge is -2.07. The van der Waals surface area contributed by atoms with Crippen LogP contribution in [0.3, 0.4) is 0 Å². The number of hydrogen-bond acceptors (Lipinski definition) is 5. The van der Waals surface area contributed by atoms with Crippen LogP contribution in [-0.4, -0.2) is 26.0 Å². The monoisotopic (exact) mass is 301 g/mol. The van der Waals surface area contributed by atoms with Crippen LogP contribution in [-0.2, 0) is 0 Å². The summed E-state index contributed by atoms with van der Waals surface area (Å²) < 4.78 is 5.56. The lowest BCUT2D eigenvalue weighted by Crippen LogP contribution is -1.98. The molecule has 2 heterocycles. The molecule has 0 unspecified atom stereocenters. The number of pyridine rings is 1. The summed E-state index contributed by atoms with van der Waals surface area (Å²) in [4.78, 5) is 22.7. The number of hydrogen-bond donors (Lipinski definition) is 1. The molecule has 0 atom stereocenters. The van der Waals surface area contributed by atoms with Gasteiger partial charge in [0.05, 0.1) is 5.56 Å². The third-order valence-electron chi connectivity index (χ3n) is 2.79. The molecule has 0 aliphatic rings. The molecule has 3 aromatic rings. The van der Waals surface area contributed by atoms with Crippen molar-refractivity contribution in [1.82, 2.24) is 15.0 Å². The van der Waals surface area contributed by atoms with Crippen LogP contribution < -0.4 is 4.74 Å². The van der Waals surface area contributed by atoms with Gasteiger partial charge >= 0.3 is 5.97 Å². The Morgan fingerprint density at radius 2 is 2.05 bits per heavy atom. The van der Waals surface area contributed by atoms with Crippen molar-refractivity contribution >= 4 is 28.3 Å². The maximum Gasteiger partial charge on any atom is 0.337 e. The number of carbonyl (C=O) groups is 1. The largest absolute Gasteiger partial charge is 0.478 e. The van der Waals surface area contributed by atoms with Crippen LogP contribution in [0.2, 0.25) is 5.15 Å². The Hall–Kier alpha value is -2.73. The molecule has 0 amide bonds.